The Bertz CT molecular complexity index is 402. The summed E-state index contributed by atoms with van der Waals surface area (Å²) in [6, 6.07) is 0. The zero-order chi connectivity index (χ0) is 13.8. The fourth-order valence-corrected chi connectivity index (χ4v) is 2.40. The second-order valence-electron chi connectivity index (χ2n) is 6.20. The molecule has 0 aliphatic carbocycles. The lowest BCUT2D eigenvalue weighted by Gasteiger charge is -2.36. The Morgan fingerprint density at radius 1 is 1.39 bits per heavy atom. The molecule has 102 valence electrons. The topological polar surface area (TPSA) is 37.9 Å². The zero-order valence-electron chi connectivity index (χ0n) is 12.5. The van der Waals surface area contributed by atoms with Crippen LogP contribution < -0.4 is 0 Å². The highest BCUT2D eigenvalue weighted by molar-refractivity contribution is 6.74. The molecule has 1 aromatic heterocycles. The molecule has 0 aromatic carbocycles. The molecule has 0 unspecified atom stereocenters. The maximum atomic E-state index is 6.11. The Balaban J connectivity index is 2.36. The molecular weight excluding hydrogens is 240 g/mol. The van der Waals surface area contributed by atoms with E-state index in [1.165, 1.54) is 0 Å². The van der Waals surface area contributed by atoms with Crippen LogP contribution in [0, 0.1) is 6.92 Å². The Morgan fingerprint density at radius 3 is 2.56 bits per heavy atom. The van der Waals surface area contributed by atoms with Crippen molar-refractivity contribution in [1.82, 2.24) is 9.97 Å². The summed E-state index contributed by atoms with van der Waals surface area (Å²) in [6.45, 7) is 14.2. The smallest absolute Gasteiger partial charge is 0.191 e. The summed E-state index contributed by atoms with van der Waals surface area (Å²) in [5.74, 6) is 0. The molecular formula is C14H26N2OSi. The van der Waals surface area contributed by atoms with Gasteiger partial charge in [0.2, 0.25) is 0 Å². The van der Waals surface area contributed by atoms with E-state index in [0.29, 0.717) is 0 Å². The fourth-order valence-electron chi connectivity index (χ4n) is 1.34. The summed E-state index contributed by atoms with van der Waals surface area (Å²) in [4.78, 5) is 7.26. The minimum Gasteiger partial charge on any atom is -0.417 e. The Labute approximate surface area is 112 Å². The molecule has 1 N–H and O–H groups in total. The summed E-state index contributed by atoms with van der Waals surface area (Å²) in [5, 5.41) is 0.288. The lowest BCUT2D eigenvalue weighted by atomic mass is 10.2. The van der Waals surface area contributed by atoms with Gasteiger partial charge in [0.15, 0.2) is 8.32 Å². The van der Waals surface area contributed by atoms with Gasteiger partial charge < -0.3 is 9.41 Å². The van der Waals surface area contributed by atoms with Gasteiger partial charge in [-0.15, -0.1) is 0 Å². The molecule has 1 rings (SSSR count). The first kappa shape index (κ1) is 15.2. The van der Waals surface area contributed by atoms with Crippen LogP contribution in [0.5, 0.6) is 0 Å². The van der Waals surface area contributed by atoms with Gasteiger partial charge in [-0.3, -0.25) is 0 Å². The van der Waals surface area contributed by atoms with Crippen molar-refractivity contribution in [2.24, 2.45) is 0 Å². The van der Waals surface area contributed by atoms with Gasteiger partial charge in [-0.2, -0.15) is 0 Å². The van der Waals surface area contributed by atoms with Gasteiger partial charge in [0.25, 0.3) is 0 Å². The van der Waals surface area contributed by atoms with Crippen LogP contribution in [-0.4, -0.2) is 24.9 Å². The number of aryl methyl sites for hydroxylation is 1. The standard InChI is InChI=1S/C14H26N2OSi/c1-12-13(16-11-15-12)9-7-8-10-17-18(5,6)14(2,3)4/h7,9,11H,8,10H2,1-6H3,(H,15,16). The average molecular weight is 266 g/mol. The van der Waals surface area contributed by atoms with Crippen LogP contribution in [0.15, 0.2) is 12.4 Å². The largest absolute Gasteiger partial charge is 0.417 e. The molecule has 0 atom stereocenters. The van der Waals surface area contributed by atoms with E-state index in [4.69, 9.17) is 4.43 Å². The van der Waals surface area contributed by atoms with Crippen LogP contribution in [0.3, 0.4) is 0 Å². The number of nitrogens with one attached hydrogen (secondary N) is 1. The molecule has 0 saturated carbocycles. The number of hydrogen-bond donors (Lipinski definition) is 1. The van der Waals surface area contributed by atoms with Crippen molar-refractivity contribution < 1.29 is 4.43 Å². The SMILES string of the molecule is Cc1nc[nH]c1C=CCCO[Si](C)(C)C(C)(C)C. The third kappa shape index (κ3) is 4.10. The summed E-state index contributed by atoms with van der Waals surface area (Å²) in [7, 11) is -1.59. The third-order valence-corrected chi connectivity index (χ3v) is 8.24. The molecule has 0 saturated heterocycles. The lowest BCUT2D eigenvalue weighted by Crippen LogP contribution is -2.40. The molecule has 0 aliphatic rings. The van der Waals surface area contributed by atoms with E-state index in [1.54, 1.807) is 6.33 Å². The molecule has 0 fully saturated rings. The van der Waals surface area contributed by atoms with Gasteiger partial charge in [-0.05, 0) is 37.6 Å². The lowest BCUT2D eigenvalue weighted by molar-refractivity contribution is 0.294. The van der Waals surface area contributed by atoms with Crippen LogP contribution in [0.2, 0.25) is 18.1 Å². The predicted octanol–water partition coefficient (Wildman–Crippen LogP) is 4.14. The van der Waals surface area contributed by atoms with Gasteiger partial charge in [0.1, 0.15) is 0 Å². The van der Waals surface area contributed by atoms with Crippen molar-refractivity contribution in [3.8, 4) is 0 Å². The van der Waals surface area contributed by atoms with E-state index in [0.717, 1.165) is 24.4 Å². The molecule has 3 nitrogen and oxygen atoms in total. The molecule has 18 heavy (non-hydrogen) atoms. The summed E-state index contributed by atoms with van der Waals surface area (Å²) in [5.41, 5.74) is 2.12. The average Bonchev–Trinajstić information content (AvgIpc) is 2.62. The number of aromatic amines is 1. The molecule has 0 spiro atoms. The summed E-state index contributed by atoms with van der Waals surface area (Å²) < 4.78 is 6.11. The second kappa shape index (κ2) is 5.84. The maximum Gasteiger partial charge on any atom is 0.191 e. The highest BCUT2D eigenvalue weighted by Gasteiger charge is 2.36. The normalized spacial score (nSPS) is 13.4. The number of aromatic nitrogens is 2. The highest BCUT2D eigenvalue weighted by atomic mass is 28.4. The number of H-pyrrole nitrogens is 1. The predicted molar refractivity (Wildman–Crippen MR) is 80.1 cm³/mol. The Kier molecular flexibility index (Phi) is 4.93. The van der Waals surface area contributed by atoms with E-state index in [1.807, 2.05) is 6.92 Å². The van der Waals surface area contributed by atoms with Gasteiger partial charge >= 0.3 is 0 Å². The van der Waals surface area contributed by atoms with E-state index < -0.39 is 8.32 Å². The minimum absolute atomic E-state index is 0.288. The van der Waals surface area contributed by atoms with Crippen molar-refractivity contribution in [3.05, 3.63) is 23.8 Å². The van der Waals surface area contributed by atoms with Gasteiger partial charge in [-0.1, -0.05) is 26.8 Å². The number of nitrogens with zero attached hydrogens (tertiary/aromatic N) is 1. The quantitative estimate of drug-likeness (QED) is 0.642. The molecule has 0 radical (unpaired) electrons. The van der Waals surface area contributed by atoms with E-state index in [2.05, 4.69) is 56.0 Å². The Morgan fingerprint density at radius 2 is 2.06 bits per heavy atom. The highest BCUT2D eigenvalue weighted by Crippen LogP contribution is 2.36. The fraction of sp³-hybridized carbons (Fsp3) is 0.643. The van der Waals surface area contributed by atoms with E-state index >= 15 is 0 Å². The van der Waals surface area contributed by atoms with Gasteiger partial charge in [0.05, 0.1) is 17.7 Å². The van der Waals surface area contributed by atoms with Crippen molar-refractivity contribution in [3.63, 3.8) is 0 Å². The number of hydrogen-bond acceptors (Lipinski definition) is 2. The molecule has 1 aromatic rings. The van der Waals surface area contributed by atoms with Crippen molar-refractivity contribution in [2.75, 3.05) is 6.61 Å². The first-order valence-corrected chi connectivity index (χ1v) is 9.45. The van der Waals surface area contributed by atoms with Crippen LogP contribution in [0.4, 0.5) is 0 Å². The molecule has 0 amide bonds. The van der Waals surface area contributed by atoms with Crippen molar-refractivity contribution in [1.29, 1.82) is 0 Å². The van der Waals surface area contributed by atoms with Crippen molar-refractivity contribution in [2.45, 2.75) is 52.2 Å². The number of rotatable bonds is 5. The monoisotopic (exact) mass is 266 g/mol. The van der Waals surface area contributed by atoms with E-state index in [-0.39, 0.29) is 5.04 Å². The van der Waals surface area contributed by atoms with Crippen LogP contribution >= 0.6 is 0 Å². The van der Waals surface area contributed by atoms with E-state index in [9.17, 15) is 0 Å². The van der Waals surface area contributed by atoms with Crippen LogP contribution in [0.1, 0.15) is 38.6 Å². The number of imidazole rings is 1. The van der Waals surface area contributed by atoms with Crippen molar-refractivity contribution >= 4 is 14.4 Å². The van der Waals surface area contributed by atoms with Gasteiger partial charge in [0, 0.05) is 6.61 Å². The van der Waals surface area contributed by atoms with Crippen LogP contribution in [-0.2, 0) is 4.43 Å². The zero-order valence-corrected chi connectivity index (χ0v) is 13.5. The third-order valence-electron chi connectivity index (χ3n) is 3.71. The first-order chi connectivity index (χ1) is 8.24. The first-order valence-electron chi connectivity index (χ1n) is 6.54. The summed E-state index contributed by atoms with van der Waals surface area (Å²) >= 11 is 0. The summed E-state index contributed by atoms with van der Waals surface area (Å²) in [6.07, 6.45) is 6.90. The maximum absolute atomic E-state index is 6.11. The second-order valence-corrected chi connectivity index (χ2v) is 11.0. The van der Waals surface area contributed by atoms with Gasteiger partial charge in [-0.25, -0.2) is 4.98 Å². The molecule has 1 heterocycles. The Hall–Kier alpha value is -0.873. The minimum atomic E-state index is -1.59. The van der Waals surface area contributed by atoms with Crippen LogP contribution in [0.25, 0.3) is 6.08 Å². The molecule has 0 aliphatic heterocycles. The molecule has 4 heteroatoms. The molecule has 0 bridgehead atoms.